The van der Waals surface area contributed by atoms with E-state index < -0.39 is 0 Å². The van der Waals surface area contributed by atoms with E-state index in [0.717, 1.165) is 71.0 Å². The predicted molar refractivity (Wildman–Crippen MR) is 92.7 cm³/mol. The molecule has 0 bridgehead atoms. The molecule has 0 spiro atoms. The SMILES string of the molecule is CCN1CCN([C@@H](CC(C)C)c2nnnn2C[C@@H]2CCCO2)CC1. The maximum Gasteiger partial charge on any atom is 0.168 e. The monoisotopic (exact) mass is 336 g/mol. The molecular weight excluding hydrogens is 304 g/mol. The molecule has 2 fully saturated rings. The van der Waals surface area contributed by atoms with E-state index in [1.807, 2.05) is 4.68 Å². The first-order chi connectivity index (χ1) is 11.7. The summed E-state index contributed by atoms with van der Waals surface area (Å²) in [5.74, 6) is 1.64. The Bertz CT molecular complexity index is 491. The van der Waals surface area contributed by atoms with Crippen molar-refractivity contribution in [2.45, 2.75) is 58.7 Å². The topological polar surface area (TPSA) is 59.3 Å². The highest BCUT2D eigenvalue weighted by Gasteiger charge is 2.30. The van der Waals surface area contributed by atoms with Gasteiger partial charge >= 0.3 is 0 Å². The molecule has 0 N–H and O–H groups in total. The number of nitrogens with zero attached hydrogens (tertiary/aromatic N) is 6. The summed E-state index contributed by atoms with van der Waals surface area (Å²) in [7, 11) is 0. The Hall–Kier alpha value is -1.05. The third kappa shape index (κ3) is 4.32. The van der Waals surface area contributed by atoms with Gasteiger partial charge in [0.15, 0.2) is 5.82 Å². The van der Waals surface area contributed by atoms with Gasteiger partial charge in [-0.15, -0.1) is 5.10 Å². The molecule has 3 heterocycles. The van der Waals surface area contributed by atoms with Gasteiger partial charge in [-0.05, 0) is 42.2 Å². The molecule has 0 aliphatic carbocycles. The molecule has 0 saturated carbocycles. The van der Waals surface area contributed by atoms with Gasteiger partial charge in [-0.3, -0.25) is 4.90 Å². The molecule has 2 saturated heterocycles. The number of ether oxygens (including phenoxy) is 1. The summed E-state index contributed by atoms with van der Waals surface area (Å²) in [4.78, 5) is 5.09. The molecular formula is C17H32N6O. The van der Waals surface area contributed by atoms with Crippen molar-refractivity contribution in [1.29, 1.82) is 0 Å². The maximum absolute atomic E-state index is 5.78. The zero-order valence-corrected chi connectivity index (χ0v) is 15.4. The molecule has 0 aromatic carbocycles. The molecule has 7 nitrogen and oxygen atoms in total. The van der Waals surface area contributed by atoms with E-state index >= 15 is 0 Å². The fourth-order valence-electron chi connectivity index (χ4n) is 3.82. The summed E-state index contributed by atoms with van der Waals surface area (Å²) in [6.45, 7) is 14.1. The molecule has 24 heavy (non-hydrogen) atoms. The number of likely N-dealkylation sites (N-methyl/N-ethyl adjacent to an activating group) is 1. The van der Waals surface area contributed by atoms with Crippen LogP contribution in [0.15, 0.2) is 0 Å². The number of aromatic nitrogens is 4. The molecule has 0 amide bonds. The van der Waals surface area contributed by atoms with E-state index in [9.17, 15) is 0 Å². The largest absolute Gasteiger partial charge is 0.376 e. The lowest BCUT2D eigenvalue weighted by Crippen LogP contribution is -2.48. The third-order valence-electron chi connectivity index (χ3n) is 5.25. The van der Waals surface area contributed by atoms with Crippen LogP contribution in [-0.4, -0.2) is 75.4 Å². The molecule has 1 aromatic heterocycles. The third-order valence-corrected chi connectivity index (χ3v) is 5.25. The zero-order chi connectivity index (χ0) is 16.9. The summed E-state index contributed by atoms with van der Waals surface area (Å²) in [5, 5.41) is 12.7. The Morgan fingerprint density at radius 2 is 2.00 bits per heavy atom. The van der Waals surface area contributed by atoms with Gasteiger partial charge < -0.3 is 9.64 Å². The average Bonchev–Trinajstić information content (AvgIpc) is 3.25. The predicted octanol–water partition coefficient (Wildman–Crippen LogP) is 1.58. The summed E-state index contributed by atoms with van der Waals surface area (Å²) in [5.41, 5.74) is 0. The van der Waals surface area contributed by atoms with Gasteiger partial charge in [0.25, 0.3) is 0 Å². The normalized spacial score (nSPS) is 24.8. The highest BCUT2D eigenvalue weighted by molar-refractivity contribution is 4.96. The lowest BCUT2D eigenvalue weighted by atomic mass is 10.0. The molecule has 2 atom stereocenters. The Morgan fingerprint density at radius 1 is 1.21 bits per heavy atom. The number of tetrazole rings is 1. The number of piperazine rings is 1. The minimum absolute atomic E-state index is 0.267. The highest BCUT2D eigenvalue weighted by Crippen LogP contribution is 2.28. The van der Waals surface area contributed by atoms with Crippen LogP contribution in [0.2, 0.25) is 0 Å². The van der Waals surface area contributed by atoms with Crippen LogP contribution in [0.3, 0.4) is 0 Å². The summed E-state index contributed by atoms with van der Waals surface area (Å²) >= 11 is 0. The second-order valence-corrected chi connectivity index (χ2v) is 7.47. The zero-order valence-electron chi connectivity index (χ0n) is 15.4. The molecule has 0 unspecified atom stereocenters. The molecule has 0 radical (unpaired) electrons. The summed E-state index contributed by atoms with van der Waals surface area (Å²) < 4.78 is 7.77. The van der Waals surface area contributed by atoms with Crippen molar-refractivity contribution in [2.24, 2.45) is 5.92 Å². The summed E-state index contributed by atoms with van der Waals surface area (Å²) in [6, 6.07) is 0.306. The first-order valence-electron chi connectivity index (χ1n) is 9.51. The lowest BCUT2D eigenvalue weighted by Gasteiger charge is -2.39. The average molecular weight is 336 g/mol. The number of rotatable bonds is 7. The molecule has 136 valence electrons. The van der Waals surface area contributed by atoms with E-state index in [-0.39, 0.29) is 6.10 Å². The summed E-state index contributed by atoms with van der Waals surface area (Å²) in [6.07, 6.45) is 3.63. The first-order valence-corrected chi connectivity index (χ1v) is 9.51. The van der Waals surface area contributed by atoms with Crippen molar-refractivity contribution in [3.8, 4) is 0 Å². The molecule has 1 aromatic rings. The van der Waals surface area contributed by atoms with Gasteiger partial charge in [-0.1, -0.05) is 20.8 Å². The molecule has 2 aliphatic rings. The van der Waals surface area contributed by atoms with Crippen LogP contribution in [-0.2, 0) is 11.3 Å². The fourth-order valence-corrected chi connectivity index (χ4v) is 3.82. The van der Waals surface area contributed by atoms with Crippen LogP contribution in [0, 0.1) is 5.92 Å². The van der Waals surface area contributed by atoms with Crippen LogP contribution in [0.25, 0.3) is 0 Å². The number of hydrogen-bond acceptors (Lipinski definition) is 6. The Kier molecular flexibility index (Phi) is 6.19. The maximum atomic E-state index is 5.78. The van der Waals surface area contributed by atoms with Gasteiger partial charge in [-0.2, -0.15) is 0 Å². The van der Waals surface area contributed by atoms with Crippen molar-refractivity contribution in [3.05, 3.63) is 5.82 Å². The van der Waals surface area contributed by atoms with Gasteiger partial charge in [0, 0.05) is 32.8 Å². The number of hydrogen-bond donors (Lipinski definition) is 0. The van der Waals surface area contributed by atoms with E-state index in [0.29, 0.717) is 12.0 Å². The Morgan fingerprint density at radius 3 is 2.62 bits per heavy atom. The van der Waals surface area contributed by atoms with E-state index in [4.69, 9.17) is 4.74 Å². The van der Waals surface area contributed by atoms with Crippen LogP contribution in [0.4, 0.5) is 0 Å². The van der Waals surface area contributed by atoms with Crippen LogP contribution in [0.5, 0.6) is 0 Å². The Balaban J connectivity index is 1.72. The molecule has 2 aliphatic heterocycles. The second-order valence-electron chi connectivity index (χ2n) is 7.47. The van der Waals surface area contributed by atoms with Crippen molar-refractivity contribution in [1.82, 2.24) is 30.0 Å². The standard InChI is InChI=1S/C17H32N6O/c1-4-21-7-9-22(10-8-21)16(12-14(2)3)17-18-19-20-23(17)13-15-6-5-11-24-15/h14-16H,4-13H2,1-3H3/t15-,16-/m0/s1. The van der Waals surface area contributed by atoms with Gasteiger partial charge in [0.05, 0.1) is 18.7 Å². The van der Waals surface area contributed by atoms with E-state index in [2.05, 4.69) is 46.1 Å². The minimum Gasteiger partial charge on any atom is -0.376 e. The van der Waals surface area contributed by atoms with E-state index in [1.165, 1.54) is 0 Å². The quantitative estimate of drug-likeness (QED) is 0.753. The van der Waals surface area contributed by atoms with Crippen molar-refractivity contribution in [2.75, 3.05) is 39.3 Å². The van der Waals surface area contributed by atoms with Gasteiger partial charge in [-0.25, -0.2) is 4.68 Å². The fraction of sp³-hybridized carbons (Fsp3) is 0.941. The first kappa shape index (κ1) is 17.8. The smallest absolute Gasteiger partial charge is 0.168 e. The van der Waals surface area contributed by atoms with Gasteiger partial charge in [0.1, 0.15) is 0 Å². The van der Waals surface area contributed by atoms with E-state index in [1.54, 1.807) is 0 Å². The van der Waals surface area contributed by atoms with Crippen molar-refractivity contribution >= 4 is 0 Å². The van der Waals surface area contributed by atoms with Crippen molar-refractivity contribution < 1.29 is 4.74 Å². The van der Waals surface area contributed by atoms with Crippen LogP contribution >= 0.6 is 0 Å². The second kappa shape index (κ2) is 8.36. The van der Waals surface area contributed by atoms with Crippen molar-refractivity contribution in [3.63, 3.8) is 0 Å². The van der Waals surface area contributed by atoms with Gasteiger partial charge in [0.2, 0.25) is 0 Å². The minimum atomic E-state index is 0.267. The van der Waals surface area contributed by atoms with Crippen LogP contribution in [0.1, 0.15) is 51.9 Å². The highest BCUT2D eigenvalue weighted by atomic mass is 16.5. The lowest BCUT2D eigenvalue weighted by molar-refractivity contribution is 0.0738. The molecule has 3 rings (SSSR count). The molecule has 7 heteroatoms. The van der Waals surface area contributed by atoms with Crippen LogP contribution < -0.4 is 0 Å². The Labute approximate surface area is 145 Å².